The highest BCUT2D eigenvalue weighted by Crippen LogP contribution is 2.02. The fourth-order valence-corrected chi connectivity index (χ4v) is 0.0778. The lowest BCUT2D eigenvalue weighted by Gasteiger charge is -1.95. The van der Waals surface area contributed by atoms with Crippen LogP contribution in [0.25, 0.3) is 0 Å². The van der Waals surface area contributed by atoms with Gasteiger partial charge in [-0.3, -0.25) is 4.74 Å². The van der Waals surface area contributed by atoms with E-state index in [1.807, 2.05) is 0 Å². The van der Waals surface area contributed by atoms with E-state index in [-0.39, 0.29) is 0 Å². The molecular formula is C4H5F7O. The Balaban J connectivity index is 0. The van der Waals surface area contributed by atoms with E-state index in [9.17, 15) is 30.7 Å². The second-order valence-corrected chi connectivity index (χ2v) is 1.20. The molecule has 0 heterocycles. The zero-order valence-corrected chi connectivity index (χ0v) is 5.49. The first-order chi connectivity index (χ1) is 5.40. The van der Waals surface area contributed by atoms with Crippen LogP contribution in [0.5, 0.6) is 0 Å². The largest absolute Gasteiger partial charge is 0.349 e. The van der Waals surface area contributed by atoms with E-state index >= 15 is 0 Å². The number of hydrogen-bond acceptors (Lipinski definition) is 1. The smallest absolute Gasteiger partial charge is 0.260 e. The quantitative estimate of drug-likeness (QED) is 0.639. The first kappa shape index (κ1) is 14.0. The number of hydrogen-bond donors (Lipinski definition) is 0. The maximum Gasteiger partial charge on any atom is 0.349 e. The lowest BCUT2D eigenvalue weighted by molar-refractivity contribution is -0.245. The summed E-state index contributed by atoms with van der Waals surface area (Å²) in [6, 6.07) is 0. The molecule has 0 aromatic heterocycles. The molecule has 0 fully saturated rings. The fraction of sp³-hybridized carbons (Fsp3) is 1.00. The van der Waals surface area contributed by atoms with Gasteiger partial charge in [0.25, 0.3) is 6.43 Å². The number of rotatable bonds is 3. The van der Waals surface area contributed by atoms with E-state index in [2.05, 4.69) is 4.74 Å². The van der Waals surface area contributed by atoms with Crippen LogP contribution in [0.3, 0.4) is 0 Å². The average molecular weight is 202 g/mol. The monoisotopic (exact) mass is 202 g/mol. The summed E-state index contributed by atoms with van der Waals surface area (Å²) in [7, 11) is 0. The Morgan fingerprint density at radius 3 is 1.08 bits per heavy atom. The van der Waals surface area contributed by atoms with Gasteiger partial charge in [-0.25, -0.2) is 13.2 Å². The van der Waals surface area contributed by atoms with Crippen molar-refractivity contribution in [2.75, 3.05) is 6.67 Å². The van der Waals surface area contributed by atoms with Crippen LogP contribution in [0.1, 0.15) is 0 Å². The highest BCUT2D eigenvalue weighted by molar-refractivity contribution is 4.23. The lowest BCUT2D eigenvalue weighted by Crippen LogP contribution is -2.03. The molecule has 0 aliphatic rings. The van der Waals surface area contributed by atoms with Crippen molar-refractivity contribution in [2.24, 2.45) is 0 Å². The molecule has 0 unspecified atom stereocenters. The Morgan fingerprint density at radius 2 is 1.08 bits per heavy atom. The molecule has 0 aliphatic heterocycles. The van der Waals surface area contributed by atoms with Gasteiger partial charge in [0.1, 0.15) is 0 Å². The molecule has 0 aromatic carbocycles. The molecule has 0 radical (unpaired) electrons. The van der Waals surface area contributed by atoms with Crippen molar-refractivity contribution in [3.8, 4) is 0 Å². The summed E-state index contributed by atoms with van der Waals surface area (Å²) in [5.41, 5.74) is 0. The molecule has 0 bridgehead atoms. The number of halogens is 7. The normalized spacial score (nSPS) is 10.5. The summed E-state index contributed by atoms with van der Waals surface area (Å²) in [6.07, 6.45) is -2.78. The van der Waals surface area contributed by atoms with Crippen molar-refractivity contribution in [2.45, 2.75) is 19.6 Å². The second-order valence-electron chi connectivity index (χ2n) is 1.20. The average Bonchev–Trinajstić information content (AvgIpc) is 1.85. The third-order valence-corrected chi connectivity index (χ3v) is 0.322. The van der Waals surface area contributed by atoms with E-state index in [0.29, 0.717) is 0 Å². The van der Waals surface area contributed by atoms with Crippen molar-refractivity contribution in [1.82, 2.24) is 0 Å². The summed E-state index contributed by atoms with van der Waals surface area (Å²) in [4.78, 5) is 0. The molecule has 0 amide bonds. The first-order valence-corrected chi connectivity index (χ1v) is 2.46. The van der Waals surface area contributed by atoms with Gasteiger partial charge in [0.15, 0.2) is 6.67 Å². The second kappa shape index (κ2) is 8.57. The first-order valence-electron chi connectivity index (χ1n) is 2.46. The third-order valence-electron chi connectivity index (χ3n) is 0.322. The molecule has 0 spiro atoms. The highest BCUT2D eigenvalue weighted by atomic mass is 19.3. The van der Waals surface area contributed by atoms with Crippen LogP contribution in [0.15, 0.2) is 0 Å². The molecule has 1 nitrogen and oxygen atoms in total. The summed E-state index contributed by atoms with van der Waals surface area (Å²) < 4.78 is 76.1. The van der Waals surface area contributed by atoms with Gasteiger partial charge >= 0.3 is 13.2 Å². The fourth-order valence-electron chi connectivity index (χ4n) is 0.0778. The van der Waals surface area contributed by atoms with E-state index in [1.54, 1.807) is 0 Å². The number of alkyl halides is 7. The zero-order chi connectivity index (χ0) is 10.1. The van der Waals surface area contributed by atoms with E-state index in [4.69, 9.17) is 0 Å². The Bertz CT molecular complexity index is 79.5. The van der Waals surface area contributed by atoms with Gasteiger partial charge in [0.2, 0.25) is 0 Å². The van der Waals surface area contributed by atoms with Crippen LogP contribution in [0.4, 0.5) is 30.7 Å². The molecule has 0 N–H and O–H groups in total. The third kappa shape index (κ3) is 22.7. The Labute approximate surface area is 63.1 Å². The van der Waals surface area contributed by atoms with Crippen molar-refractivity contribution >= 4 is 0 Å². The molecule has 0 atom stereocenters. The van der Waals surface area contributed by atoms with Gasteiger partial charge in [0.05, 0.1) is 0 Å². The van der Waals surface area contributed by atoms with Crippen LogP contribution in [-0.4, -0.2) is 26.3 Å². The van der Waals surface area contributed by atoms with Gasteiger partial charge in [-0.05, 0) is 0 Å². The Morgan fingerprint density at radius 1 is 0.833 bits per heavy atom. The minimum Gasteiger partial charge on any atom is -0.260 e. The highest BCUT2D eigenvalue weighted by Gasteiger charge is 2.09. The summed E-state index contributed by atoms with van der Waals surface area (Å²) in [6.45, 7) is -8.28. The van der Waals surface area contributed by atoms with E-state index < -0.39 is 26.3 Å². The molecule has 0 saturated carbocycles. The van der Waals surface area contributed by atoms with Crippen LogP contribution in [0.2, 0.25) is 0 Å². The molecule has 8 heteroatoms. The molecule has 76 valence electrons. The SMILES string of the molecule is FC(F)OC(F)F.FCC(F)F. The maximum absolute atomic E-state index is 10.6. The van der Waals surface area contributed by atoms with Crippen molar-refractivity contribution in [3.63, 3.8) is 0 Å². The van der Waals surface area contributed by atoms with Crippen molar-refractivity contribution < 1.29 is 35.5 Å². The molecule has 0 saturated heterocycles. The molecule has 0 aliphatic carbocycles. The molecule has 12 heavy (non-hydrogen) atoms. The number of ether oxygens (including phenoxy) is 1. The van der Waals surface area contributed by atoms with Crippen LogP contribution in [-0.2, 0) is 4.74 Å². The maximum atomic E-state index is 10.6. The molecule has 0 rings (SSSR count). The minimum atomic E-state index is -3.38. The van der Waals surface area contributed by atoms with Gasteiger partial charge in [-0.15, -0.1) is 0 Å². The van der Waals surface area contributed by atoms with E-state index in [0.717, 1.165) is 0 Å². The predicted octanol–water partition coefficient (Wildman–Crippen LogP) is 2.67. The predicted molar refractivity (Wildman–Crippen MR) is 25.1 cm³/mol. The summed E-state index contributed by atoms with van der Waals surface area (Å²) in [5.74, 6) is 0. The molecular weight excluding hydrogens is 197 g/mol. The Kier molecular flexibility index (Phi) is 10.0. The minimum absolute atomic E-state index is 1.53. The van der Waals surface area contributed by atoms with Gasteiger partial charge in [-0.1, -0.05) is 0 Å². The molecule has 0 aromatic rings. The lowest BCUT2D eigenvalue weighted by atomic mass is 10.8. The van der Waals surface area contributed by atoms with Gasteiger partial charge in [0, 0.05) is 0 Å². The summed E-state index contributed by atoms with van der Waals surface area (Å²) >= 11 is 0. The Hall–Kier alpha value is -0.530. The van der Waals surface area contributed by atoms with Crippen LogP contribution < -0.4 is 0 Å². The van der Waals surface area contributed by atoms with E-state index in [1.165, 1.54) is 0 Å². The van der Waals surface area contributed by atoms with Gasteiger partial charge < -0.3 is 0 Å². The zero-order valence-electron chi connectivity index (χ0n) is 5.49. The standard InChI is InChI=1S/C2H2F4O.C2H3F3/c3-1(4)7-2(5)6;3-1-2(4)5/h1-2H;2H,1H2. The van der Waals surface area contributed by atoms with Crippen molar-refractivity contribution in [3.05, 3.63) is 0 Å². The van der Waals surface area contributed by atoms with Gasteiger partial charge in [-0.2, -0.15) is 17.6 Å². The van der Waals surface area contributed by atoms with Crippen molar-refractivity contribution in [1.29, 1.82) is 0 Å². The van der Waals surface area contributed by atoms with Crippen LogP contribution >= 0.6 is 0 Å². The van der Waals surface area contributed by atoms with Crippen LogP contribution in [0, 0.1) is 0 Å². The topological polar surface area (TPSA) is 9.23 Å². The summed E-state index contributed by atoms with van der Waals surface area (Å²) in [5, 5.41) is 0.